The molecule has 0 spiro atoms. The Balaban J connectivity index is 0.000000184. The zero-order valence-corrected chi connectivity index (χ0v) is 34.8. The molecule has 0 aliphatic heterocycles. The predicted molar refractivity (Wildman–Crippen MR) is 244 cm³/mol. The summed E-state index contributed by atoms with van der Waals surface area (Å²) in [7, 11) is -0.410. The second kappa shape index (κ2) is 20.9. The van der Waals surface area contributed by atoms with Crippen molar-refractivity contribution in [3.05, 3.63) is 97.1 Å². The van der Waals surface area contributed by atoms with Gasteiger partial charge in [0.15, 0.2) is 0 Å². The number of fused-ring (bicyclic) bond motifs is 6. The number of hydrogen-bond donors (Lipinski definition) is 0. The summed E-state index contributed by atoms with van der Waals surface area (Å²) in [5.74, 6) is 0. The van der Waals surface area contributed by atoms with E-state index in [4.69, 9.17) is 0 Å². The number of hydrogen-bond acceptors (Lipinski definition) is 0. The molecular weight excluding hydrogens is 653 g/mol. The summed E-state index contributed by atoms with van der Waals surface area (Å²) in [6.07, 6.45) is 26.7. The highest BCUT2D eigenvalue weighted by molar-refractivity contribution is 6.58. The topological polar surface area (TPSA) is 0 Å². The average molecular weight is 721 g/mol. The van der Waals surface area contributed by atoms with Crippen LogP contribution in [-0.2, 0) is 0 Å². The van der Waals surface area contributed by atoms with Crippen LogP contribution in [0.3, 0.4) is 0 Å². The van der Waals surface area contributed by atoms with E-state index in [1.54, 1.807) is 37.4 Å². The Bertz CT molecular complexity index is 2080. The smallest absolute Gasteiger partial charge is 0.0367 e. The Hall–Kier alpha value is -3.42. The molecule has 0 saturated heterocycles. The van der Waals surface area contributed by atoms with Crippen LogP contribution in [0, 0.1) is 0 Å². The van der Waals surface area contributed by atoms with Crippen LogP contribution in [-0.4, -0.2) is 8.80 Å². The van der Waals surface area contributed by atoms with Gasteiger partial charge in [0.05, 0.1) is 0 Å². The van der Waals surface area contributed by atoms with Crippen molar-refractivity contribution in [3.8, 4) is 0 Å². The minimum atomic E-state index is -0.410. The van der Waals surface area contributed by atoms with Crippen LogP contribution in [0.4, 0.5) is 0 Å². The van der Waals surface area contributed by atoms with E-state index in [0.29, 0.717) is 0 Å². The van der Waals surface area contributed by atoms with Gasteiger partial charge in [-0.25, -0.2) is 0 Å². The quantitative estimate of drug-likeness (QED) is 0.0300. The number of benzene rings is 7. The highest BCUT2D eigenvalue weighted by Gasteiger charge is 2.17. The van der Waals surface area contributed by atoms with E-state index >= 15 is 0 Å². The third kappa shape index (κ3) is 10.0. The van der Waals surface area contributed by atoms with Crippen LogP contribution in [0.15, 0.2) is 97.1 Å². The molecule has 0 fully saturated rings. The SMILES string of the molecule is CCCCCCCC[SiH](CCCCCCCC)CCCCCCCC.c1ccc2c(c1)cc1c3cccc4cccc(c43)c3c4ccccc4cc2c13. The highest BCUT2D eigenvalue weighted by atomic mass is 28.3. The average Bonchev–Trinajstić information content (AvgIpc) is 3.20. The fraction of sp³-hybridized carbons (Fsp3) is 0.462. The summed E-state index contributed by atoms with van der Waals surface area (Å²) in [6, 6.07) is 40.8. The van der Waals surface area contributed by atoms with Crippen LogP contribution in [0.5, 0.6) is 0 Å². The maximum Gasteiger partial charge on any atom is 0.0367 e. The summed E-state index contributed by atoms with van der Waals surface area (Å²) in [5, 5.41) is 16.2. The molecule has 280 valence electrons. The van der Waals surface area contributed by atoms with Crippen molar-refractivity contribution >= 4 is 73.4 Å². The Morgan fingerprint density at radius 3 is 1.23 bits per heavy atom. The summed E-state index contributed by atoms with van der Waals surface area (Å²) >= 11 is 0. The largest absolute Gasteiger partial charge is 0.0654 e. The first-order valence-electron chi connectivity index (χ1n) is 22.1. The summed E-state index contributed by atoms with van der Waals surface area (Å²) in [5.41, 5.74) is 0. The maximum absolute atomic E-state index is 2.39. The molecule has 0 amide bonds. The van der Waals surface area contributed by atoms with Crippen LogP contribution in [0.2, 0.25) is 18.1 Å². The minimum Gasteiger partial charge on any atom is -0.0654 e. The molecule has 1 heteroatoms. The first-order valence-corrected chi connectivity index (χ1v) is 24.6. The van der Waals surface area contributed by atoms with E-state index < -0.39 is 8.80 Å². The van der Waals surface area contributed by atoms with Gasteiger partial charge < -0.3 is 0 Å². The number of unbranched alkanes of at least 4 members (excludes halogenated alkanes) is 15. The molecule has 53 heavy (non-hydrogen) atoms. The second-order valence-corrected chi connectivity index (χ2v) is 19.7. The minimum absolute atomic E-state index is 0.410. The van der Waals surface area contributed by atoms with E-state index in [-0.39, 0.29) is 0 Å². The van der Waals surface area contributed by atoms with E-state index in [2.05, 4.69) is 118 Å². The third-order valence-corrected chi connectivity index (χ3v) is 15.9. The van der Waals surface area contributed by atoms with Crippen molar-refractivity contribution in [1.29, 1.82) is 0 Å². The van der Waals surface area contributed by atoms with Gasteiger partial charge in [0.25, 0.3) is 0 Å². The van der Waals surface area contributed by atoms with Crippen molar-refractivity contribution in [3.63, 3.8) is 0 Å². The van der Waals surface area contributed by atoms with Gasteiger partial charge in [-0.05, 0) is 76.8 Å². The molecule has 0 bridgehead atoms. The third-order valence-electron chi connectivity index (χ3n) is 12.2. The zero-order chi connectivity index (χ0) is 36.7. The van der Waals surface area contributed by atoms with E-state index in [1.165, 1.54) is 161 Å². The van der Waals surface area contributed by atoms with Crippen molar-refractivity contribution in [1.82, 2.24) is 0 Å². The lowest BCUT2D eigenvalue weighted by Gasteiger charge is -2.18. The van der Waals surface area contributed by atoms with Gasteiger partial charge in [-0.15, -0.1) is 0 Å². The Labute approximate surface area is 323 Å². The predicted octanol–water partition coefficient (Wildman–Crippen LogP) is 17.3. The van der Waals surface area contributed by atoms with Crippen molar-refractivity contribution in [2.45, 2.75) is 154 Å². The first kappa shape index (κ1) is 39.3. The summed E-state index contributed by atoms with van der Waals surface area (Å²) in [4.78, 5) is 0. The summed E-state index contributed by atoms with van der Waals surface area (Å²) in [6.45, 7) is 6.97. The van der Waals surface area contributed by atoms with Gasteiger partial charge in [0.2, 0.25) is 0 Å². The molecule has 0 unspecified atom stereocenters. The van der Waals surface area contributed by atoms with Crippen LogP contribution in [0.1, 0.15) is 136 Å². The molecule has 7 aromatic carbocycles. The molecule has 0 heterocycles. The van der Waals surface area contributed by atoms with E-state index in [9.17, 15) is 0 Å². The molecule has 0 atom stereocenters. The van der Waals surface area contributed by atoms with Crippen LogP contribution in [0.25, 0.3) is 64.6 Å². The fourth-order valence-corrected chi connectivity index (χ4v) is 12.7. The Morgan fingerprint density at radius 1 is 0.302 bits per heavy atom. The van der Waals surface area contributed by atoms with Crippen LogP contribution >= 0.6 is 0 Å². The molecular formula is C52H68Si. The van der Waals surface area contributed by atoms with Gasteiger partial charge in [-0.3, -0.25) is 0 Å². The van der Waals surface area contributed by atoms with Crippen LogP contribution < -0.4 is 0 Å². The summed E-state index contributed by atoms with van der Waals surface area (Å²) < 4.78 is 0. The van der Waals surface area contributed by atoms with Crippen molar-refractivity contribution in [2.75, 3.05) is 0 Å². The fourth-order valence-electron chi connectivity index (χ4n) is 9.27. The number of rotatable bonds is 21. The molecule has 7 rings (SSSR count). The molecule has 0 nitrogen and oxygen atoms in total. The normalized spacial score (nSPS) is 11.9. The molecule has 7 aromatic rings. The molecule has 0 radical (unpaired) electrons. The van der Waals surface area contributed by atoms with Gasteiger partial charge in [0.1, 0.15) is 0 Å². The molecule has 0 aliphatic rings. The van der Waals surface area contributed by atoms with Crippen molar-refractivity contribution in [2.24, 2.45) is 0 Å². The lowest BCUT2D eigenvalue weighted by Crippen LogP contribution is -2.12. The standard InChI is InChI=1S/C28H16.C24H52Si/c1-3-11-20-18(7-1)15-25-22-13-5-9-17-10-6-14-23(26(17)22)27-21-12-4-2-8-19(21)16-24(20)28(25)27;1-4-7-10-13-16-19-22-25(23-20-17-14-11-8-5-2)24-21-18-15-12-9-6-3/h1-16H;25H,4-24H2,1-3H3. The monoisotopic (exact) mass is 721 g/mol. The van der Waals surface area contributed by atoms with Gasteiger partial charge in [-0.2, -0.15) is 0 Å². The van der Waals surface area contributed by atoms with Crippen molar-refractivity contribution < 1.29 is 0 Å². The maximum atomic E-state index is 2.39. The lowest BCUT2D eigenvalue weighted by molar-refractivity contribution is 0.610. The van der Waals surface area contributed by atoms with Gasteiger partial charge in [0, 0.05) is 8.80 Å². The first-order chi connectivity index (χ1) is 26.2. The van der Waals surface area contributed by atoms with Gasteiger partial charge >= 0.3 is 0 Å². The second-order valence-electron chi connectivity index (χ2n) is 16.3. The Morgan fingerprint density at radius 2 is 0.679 bits per heavy atom. The Kier molecular flexibility index (Phi) is 15.5. The van der Waals surface area contributed by atoms with E-state index in [1.807, 2.05) is 0 Å². The molecule has 0 aliphatic carbocycles. The highest BCUT2D eigenvalue weighted by Crippen LogP contribution is 2.45. The molecule has 0 aromatic heterocycles. The molecule has 0 N–H and O–H groups in total. The van der Waals surface area contributed by atoms with Gasteiger partial charge in [-0.1, -0.05) is 239 Å². The lowest BCUT2D eigenvalue weighted by atomic mass is 9.85. The molecule has 0 saturated carbocycles. The zero-order valence-electron chi connectivity index (χ0n) is 33.7. The van der Waals surface area contributed by atoms with E-state index in [0.717, 1.165) is 0 Å².